The van der Waals surface area contributed by atoms with Crippen molar-refractivity contribution in [2.75, 3.05) is 5.32 Å². The molecule has 1 amide bonds. The lowest BCUT2D eigenvalue weighted by Crippen LogP contribution is -2.13. The third-order valence-corrected chi connectivity index (χ3v) is 8.31. The van der Waals surface area contributed by atoms with Crippen LogP contribution in [0.3, 0.4) is 0 Å². The van der Waals surface area contributed by atoms with Crippen LogP contribution < -0.4 is 5.32 Å². The Morgan fingerprint density at radius 2 is 1.89 bits per heavy atom. The molecular weight excluding hydrogens is 488 g/mol. The van der Waals surface area contributed by atoms with Crippen molar-refractivity contribution in [2.45, 2.75) is 39.2 Å². The van der Waals surface area contributed by atoms with Gasteiger partial charge in [-0.3, -0.25) is 4.79 Å². The fraction of sp³-hybridized carbons (Fsp3) is 0.207. The molecule has 5 nitrogen and oxygen atoms in total. The average molecular weight is 511 g/mol. The highest BCUT2D eigenvalue weighted by atomic mass is 35.5. The summed E-state index contributed by atoms with van der Waals surface area (Å²) in [5, 5.41) is 24.7. The van der Waals surface area contributed by atoms with Crippen molar-refractivity contribution in [3.63, 3.8) is 0 Å². The van der Waals surface area contributed by atoms with Crippen molar-refractivity contribution >= 4 is 50.8 Å². The quantitative estimate of drug-likeness (QED) is 0.231. The number of amides is 1. The first-order chi connectivity index (χ1) is 17.5. The number of benzene rings is 2. The highest BCUT2D eigenvalue weighted by Crippen LogP contribution is 2.38. The molecule has 0 fully saturated rings. The van der Waals surface area contributed by atoms with E-state index in [-0.39, 0.29) is 5.57 Å². The lowest BCUT2D eigenvalue weighted by molar-refractivity contribution is -0.112. The Morgan fingerprint density at radius 1 is 1.14 bits per heavy atom. The predicted octanol–water partition coefficient (Wildman–Crippen LogP) is 7.01. The van der Waals surface area contributed by atoms with Gasteiger partial charge in [-0.2, -0.15) is 10.5 Å². The summed E-state index contributed by atoms with van der Waals surface area (Å²) in [6.07, 6.45) is 5.57. The van der Waals surface area contributed by atoms with Crippen molar-refractivity contribution in [3.05, 3.63) is 92.0 Å². The second kappa shape index (κ2) is 10.0. The molecule has 0 radical (unpaired) electrons. The lowest BCUT2D eigenvalue weighted by atomic mass is 9.96. The second-order valence-electron chi connectivity index (χ2n) is 8.84. The van der Waals surface area contributed by atoms with Gasteiger partial charge < -0.3 is 9.88 Å². The summed E-state index contributed by atoms with van der Waals surface area (Å²) in [7, 11) is 0. The maximum absolute atomic E-state index is 13.2. The molecule has 2 aromatic heterocycles. The van der Waals surface area contributed by atoms with Gasteiger partial charge in [0.2, 0.25) is 0 Å². The number of hydrogen-bond donors (Lipinski definition) is 1. The number of rotatable bonds is 5. The summed E-state index contributed by atoms with van der Waals surface area (Å²) in [6.45, 7) is 2.55. The normalized spacial score (nSPS) is 13.2. The number of fused-ring (bicyclic) bond motifs is 2. The highest BCUT2D eigenvalue weighted by Gasteiger charge is 2.23. The monoisotopic (exact) mass is 510 g/mol. The summed E-state index contributed by atoms with van der Waals surface area (Å²) in [5.74, 6) is -0.505. The number of halogens is 1. The van der Waals surface area contributed by atoms with Gasteiger partial charge in [-0.15, -0.1) is 11.3 Å². The molecule has 0 atom stereocenters. The number of para-hydroxylation sites is 1. The van der Waals surface area contributed by atoms with Gasteiger partial charge in [-0.05, 0) is 61.9 Å². The molecule has 1 aliphatic carbocycles. The zero-order valence-corrected chi connectivity index (χ0v) is 21.3. The first-order valence-electron chi connectivity index (χ1n) is 11.8. The van der Waals surface area contributed by atoms with Gasteiger partial charge in [-0.1, -0.05) is 48.0 Å². The van der Waals surface area contributed by atoms with Gasteiger partial charge in [0.25, 0.3) is 5.91 Å². The van der Waals surface area contributed by atoms with Crippen molar-refractivity contribution in [3.8, 4) is 12.1 Å². The zero-order chi connectivity index (χ0) is 25.2. The number of nitriles is 2. The topological polar surface area (TPSA) is 81.6 Å². The van der Waals surface area contributed by atoms with E-state index >= 15 is 0 Å². The number of nitrogens with zero attached hydrogens (tertiary/aromatic N) is 3. The molecule has 4 aromatic rings. The summed E-state index contributed by atoms with van der Waals surface area (Å²) in [5.41, 5.74) is 5.31. The van der Waals surface area contributed by atoms with Gasteiger partial charge >= 0.3 is 0 Å². The van der Waals surface area contributed by atoms with Gasteiger partial charge in [-0.25, -0.2) is 0 Å². The third kappa shape index (κ3) is 4.31. The maximum Gasteiger partial charge on any atom is 0.266 e. The standard InChI is InChI=1S/C29H23ClN4OS/c1-18-23(21-9-3-6-12-26(21)34(18)17-19-8-2-5-11-25(19)30)14-20(15-31)28(35)33-29-24(16-32)22-10-4-7-13-27(22)36-29/h2-3,5-6,8-9,11-12,14H,4,7,10,13,17H2,1H3,(H,33,35)/b20-14+. The Kier molecular flexibility index (Phi) is 6.65. The van der Waals surface area contributed by atoms with Crippen LogP contribution in [0, 0.1) is 29.6 Å². The van der Waals surface area contributed by atoms with E-state index < -0.39 is 5.91 Å². The van der Waals surface area contributed by atoms with E-state index in [0.29, 0.717) is 22.1 Å². The average Bonchev–Trinajstić information content (AvgIpc) is 3.37. The molecule has 5 rings (SSSR count). The van der Waals surface area contributed by atoms with E-state index in [4.69, 9.17) is 11.6 Å². The molecule has 36 heavy (non-hydrogen) atoms. The highest BCUT2D eigenvalue weighted by molar-refractivity contribution is 7.16. The molecule has 1 N–H and O–H groups in total. The molecule has 0 aliphatic heterocycles. The Morgan fingerprint density at radius 3 is 2.67 bits per heavy atom. The number of thiophene rings is 1. The van der Waals surface area contributed by atoms with E-state index in [1.807, 2.05) is 55.5 Å². The second-order valence-corrected chi connectivity index (χ2v) is 10.4. The zero-order valence-electron chi connectivity index (χ0n) is 19.8. The Hall–Kier alpha value is -3.84. The third-order valence-electron chi connectivity index (χ3n) is 6.73. The molecule has 0 saturated heterocycles. The number of carbonyl (C=O) groups is 1. The van der Waals surface area contributed by atoms with E-state index in [9.17, 15) is 15.3 Å². The number of carbonyl (C=O) groups excluding carboxylic acids is 1. The van der Waals surface area contributed by atoms with E-state index in [0.717, 1.165) is 63.8 Å². The lowest BCUT2D eigenvalue weighted by Gasteiger charge is -2.10. The summed E-state index contributed by atoms with van der Waals surface area (Å²) in [6, 6.07) is 20.0. The number of hydrogen-bond acceptors (Lipinski definition) is 4. The van der Waals surface area contributed by atoms with Crippen molar-refractivity contribution in [2.24, 2.45) is 0 Å². The largest absolute Gasteiger partial charge is 0.340 e. The SMILES string of the molecule is Cc1c(/C=C(\C#N)C(=O)Nc2sc3c(c2C#N)CCCC3)c2ccccc2n1Cc1ccccc1Cl. The number of anilines is 1. The number of nitrogens with one attached hydrogen (secondary N) is 1. The van der Waals surface area contributed by atoms with E-state index in [1.165, 1.54) is 11.3 Å². The molecule has 0 spiro atoms. The van der Waals surface area contributed by atoms with Crippen LogP contribution in [0.15, 0.2) is 54.1 Å². The first-order valence-corrected chi connectivity index (χ1v) is 13.0. The number of aromatic nitrogens is 1. The van der Waals surface area contributed by atoms with Crippen molar-refractivity contribution in [1.82, 2.24) is 4.57 Å². The molecule has 0 unspecified atom stereocenters. The maximum atomic E-state index is 13.2. The molecule has 1 aliphatic rings. The molecule has 0 bridgehead atoms. The fourth-order valence-corrected chi connectivity index (χ4v) is 6.31. The Bertz CT molecular complexity index is 1610. The minimum absolute atomic E-state index is 0.00555. The van der Waals surface area contributed by atoms with Crippen LogP contribution in [0.4, 0.5) is 5.00 Å². The van der Waals surface area contributed by atoms with Gasteiger partial charge in [0, 0.05) is 38.6 Å². The molecule has 2 heterocycles. The van der Waals surface area contributed by atoms with Crippen LogP contribution in [-0.4, -0.2) is 10.5 Å². The molecule has 7 heteroatoms. The summed E-state index contributed by atoms with van der Waals surface area (Å²) in [4.78, 5) is 14.4. The minimum Gasteiger partial charge on any atom is -0.340 e. The molecule has 178 valence electrons. The smallest absolute Gasteiger partial charge is 0.266 e. The number of aryl methyl sites for hydroxylation is 1. The van der Waals surface area contributed by atoms with Crippen LogP contribution in [0.5, 0.6) is 0 Å². The predicted molar refractivity (Wildman–Crippen MR) is 145 cm³/mol. The van der Waals surface area contributed by atoms with Crippen LogP contribution in [0.25, 0.3) is 17.0 Å². The fourth-order valence-electron chi connectivity index (χ4n) is 4.88. The molecule has 2 aromatic carbocycles. The summed E-state index contributed by atoms with van der Waals surface area (Å²) >= 11 is 7.88. The molecular formula is C29H23ClN4OS. The van der Waals surface area contributed by atoms with Crippen LogP contribution in [0.2, 0.25) is 5.02 Å². The van der Waals surface area contributed by atoms with Crippen molar-refractivity contribution in [1.29, 1.82) is 10.5 Å². The Balaban J connectivity index is 1.53. The van der Waals surface area contributed by atoms with Crippen LogP contribution >= 0.6 is 22.9 Å². The van der Waals surface area contributed by atoms with E-state index in [2.05, 4.69) is 22.0 Å². The van der Waals surface area contributed by atoms with Crippen LogP contribution in [-0.2, 0) is 24.2 Å². The minimum atomic E-state index is -0.505. The van der Waals surface area contributed by atoms with Crippen LogP contribution in [0.1, 0.15) is 45.7 Å². The van der Waals surface area contributed by atoms with Gasteiger partial charge in [0.15, 0.2) is 0 Å². The Labute approximate surface area is 218 Å². The molecule has 0 saturated carbocycles. The summed E-state index contributed by atoms with van der Waals surface area (Å²) < 4.78 is 2.15. The van der Waals surface area contributed by atoms with Gasteiger partial charge in [0.1, 0.15) is 22.7 Å². The van der Waals surface area contributed by atoms with E-state index in [1.54, 1.807) is 6.08 Å². The first kappa shape index (κ1) is 23.9. The van der Waals surface area contributed by atoms with Crippen molar-refractivity contribution < 1.29 is 4.79 Å². The van der Waals surface area contributed by atoms with Gasteiger partial charge in [0.05, 0.1) is 5.56 Å².